The third-order valence-corrected chi connectivity index (χ3v) is 5.37. The quantitative estimate of drug-likeness (QED) is 0.342. The van der Waals surface area contributed by atoms with Gasteiger partial charge in [0.2, 0.25) is 0 Å². The molecule has 0 atom stereocenters. The molecule has 180 valence electrons. The molecule has 0 bridgehead atoms. The van der Waals surface area contributed by atoms with Crippen LogP contribution in [-0.2, 0) is 11.2 Å². The van der Waals surface area contributed by atoms with Gasteiger partial charge in [-0.25, -0.2) is 4.79 Å². The van der Waals surface area contributed by atoms with Crippen LogP contribution >= 0.6 is 0 Å². The van der Waals surface area contributed by atoms with Gasteiger partial charge in [0.25, 0.3) is 0 Å². The van der Waals surface area contributed by atoms with Crippen LogP contribution in [-0.4, -0.2) is 25.1 Å². The van der Waals surface area contributed by atoms with Gasteiger partial charge < -0.3 is 20.3 Å². The average molecular weight is 463 g/mol. The van der Waals surface area contributed by atoms with Gasteiger partial charge in [0, 0.05) is 18.8 Å². The molecule has 0 unspecified atom stereocenters. The smallest absolute Gasteiger partial charge is 0.323 e. The van der Waals surface area contributed by atoms with Crippen LogP contribution in [0.1, 0.15) is 46.1 Å². The summed E-state index contributed by atoms with van der Waals surface area (Å²) in [6.07, 6.45) is 2.00. The number of nitriles is 1. The molecule has 0 heterocycles. The maximum Gasteiger partial charge on any atom is 0.323 e. The van der Waals surface area contributed by atoms with Crippen molar-refractivity contribution in [3.8, 4) is 11.8 Å². The molecule has 34 heavy (non-hydrogen) atoms. The van der Waals surface area contributed by atoms with Crippen LogP contribution < -0.4 is 20.3 Å². The van der Waals surface area contributed by atoms with Crippen molar-refractivity contribution in [2.45, 2.75) is 47.0 Å². The van der Waals surface area contributed by atoms with E-state index in [9.17, 15) is 9.59 Å². The van der Waals surface area contributed by atoms with Crippen LogP contribution in [0.25, 0.3) is 0 Å². The molecule has 2 aromatic rings. The van der Waals surface area contributed by atoms with Crippen molar-refractivity contribution in [2.75, 3.05) is 28.6 Å². The molecule has 0 saturated heterocycles. The van der Waals surface area contributed by atoms with E-state index in [1.165, 1.54) is 0 Å². The molecule has 0 aliphatic heterocycles. The fraction of sp³-hybridized carbons (Fsp3) is 0.444. The van der Waals surface area contributed by atoms with Crippen LogP contribution in [0.4, 0.5) is 21.9 Å². The van der Waals surface area contributed by atoms with Crippen LogP contribution in [0.2, 0.25) is 0 Å². The lowest BCUT2D eigenvalue weighted by atomic mass is 10.1. The Morgan fingerprint density at radius 3 is 2.24 bits per heavy atom. The zero-order valence-corrected chi connectivity index (χ0v) is 20.4. The van der Waals surface area contributed by atoms with Crippen LogP contribution in [0.3, 0.4) is 0 Å². The van der Waals surface area contributed by atoms with Crippen LogP contribution in [0.15, 0.2) is 42.5 Å². The summed E-state index contributed by atoms with van der Waals surface area (Å²) in [4.78, 5) is 27.6. The van der Waals surface area contributed by atoms with Crippen molar-refractivity contribution >= 4 is 29.1 Å². The lowest BCUT2D eigenvalue weighted by Gasteiger charge is -2.31. The van der Waals surface area contributed by atoms with Gasteiger partial charge in [0.15, 0.2) is 5.75 Å². The number of esters is 1. The Morgan fingerprint density at radius 1 is 1.03 bits per heavy atom. The summed E-state index contributed by atoms with van der Waals surface area (Å²) in [6.45, 7) is 10.2. The van der Waals surface area contributed by atoms with Gasteiger partial charge >= 0.3 is 12.0 Å². The molecule has 2 amide bonds. The number of carbonyl (C=O) groups excluding carboxylic acids is 2. The predicted molar refractivity (Wildman–Crippen MR) is 135 cm³/mol. The van der Waals surface area contributed by atoms with Crippen molar-refractivity contribution in [3.63, 3.8) is 0 Å². The van der Waals surface area contributed by atoms with E-state index in [1.807, 2.05) is 24.3 Å². The van der Waals surface area contributed by atoms with E-state index < -0.39 is 6.03 Å². The molecular formula is C27H34N4O3. The number of benzene rings is 2. The number of anilines is 3. The number of ether oxygens (including phenoxy) is 1. The minimum Gasteiger partial charge on any atom is -0.424 e. The monoisotopic (exact) mass is 462 g/mol. The molecule has 1 saturated carbocycles. The topological polar surface area (TPSA) is 94.5 Å². The van der Waals surface area contributed by atoms with Gasteiger partial charge in [-0.2, -0.15) is 5.26 Å². The van der Waals surface area contributed by atoms with Crippen LogP contribution in [0.5, 0.6) is 5.75 Å². The van der Waals surface area contributed by atoms with E-state index >= 15 is 0 Å². The lowest BCUT2D eigenvalue weighted by molar-refractivity contribution is -0.135. The second-order valence-electron chi connectivity index (χ2n) is 9.65. The first-order valence-corrected chi connectivity index (χ1v) is 11.9. The molecule has 7 nitrogen and oxygen atoms in total. The highest BCUT2D eigenvalue weighted by atomic mass is 16.5. The van der Waals surface area contributed by atoms with Gasteiger partial charge in [-0.1, -0.05) is 45.9 Å². The molecule has 1 fully saturated rings. The van der Waals surface area contributed by atoms with Gasteiger partial charge in [0.1, 0.15) is 5.69 Å². The Labute approximate surface area is 202 Å². The minimum absolute atomic E-state index is 0.0558. The van der Waals surface area contributed by atoms with Crippen molar-refractivity contribution in [1.82, 2.24) is 0 Å². The number of nitrogens with one attached hydrogen (secondary N) is 2. The zero-order valence-electron chi connectivity index (χ0n) is 20.4. The Bertz CT molecular complexity index is 1030. The second kappa shape index (κ2) is 11.6. The van der Waals surface area contributed by atoms with E-state index in [2.05, 4.69) is 49.3 Å². The molecule has 0 radical (unpaired) electrons. The summed E-state index contributed by atoms with van der Waals surface area (Å²) in [7, 11) is 0. The van der Waals surface area contributed by atoms with Gasteiger partial charge in [0.05, 0.1) is 24.1 Å². The fourth-order valence-corrected chi connectivity index (χ4v) is 3.73. The number of amides is 2. The molecule has 2 aromatic carbocycles. The number of para-hydroxylation sites is 1. The maximum absolute atomic E-state index is 13.0. The van der Waals surface area contributed by atoms with E-state index in [-0.39, 0.29) is 11.9 Å². The Hall–Kier alpha value is -3.53. The summed E-state index contributed by atoms with van der Waals surface area (Å²) in [5, 5.41) is 14.6. The Morgan fingerprint density at radius 2 is 1.68 bits per heavy atom. The molecule has 1 aliphatic carbocycles. The molecule has 7 heteroatoms. The summed E-state index contributed by atoms with van der Waals surface area (Å²) >= 11 is 0. The van der Waals surface area contributed by atoms with Gasteiger partial charge in [-0.05, 0) is 54.5 Å². The lowest BCUT2D eigenvalue weighted by Crippen LogP contribution is -2.33. The van der Waals surface area contributed by atoms with Crippen LogP contribution in [0, 0.1) is 29.1 Å². The predicted octanol–water partition coefficient (Wildman–Crippen LogP) is 5.83. The van der Waals surface area contributed by atoms with Crippen molar-refractivity contribution in [2.24, 2.45) is 17.8 Å². The largest absolute Gasteiger partial charge is 0.424 e. The summed E-state index contributed by atoms with van der Waals surface area (Å²) < 4.78 is 5.73. The van der Waals surface area contributed by atoms with E-state index in [0.29, 0.717) is 35.4 Å². The third-order valence-electron chi connectivity index (χ3n) is 5.37. The standard InChI is InChI=1S/C27H34N4O3/c1-18(2)16-31(17-19(3)4)23-6-5-7-24(34-26(32)21-10-11-21)25(23)30-27(33)29-22-12-8-20(9-13-22)14-15-28/h5-9,12-13,18-19,21H,10-11,14,16-17H2,1-4H3,(H2,29,30,33). The molecule has 0 aromatic heterocycles. The van der Waals surface area contributed by atoms with Crippen molar-refractivity contribution in [3.05, 3.63) is 48.0 Å². The highest BCUT2D eigenvalue weighted by Gasteiger charge is 2.32. The van der Waals surface area contributed by atoms with Gasteiger partial charge in [-0.3, -0.25) is 4.79 Å². The first kappa shape index (κ1) is 25.1. The SMILES string of the molecule is CC(C)CN(CC(C)C)c1cccc(OC(=O)C2CC2)c1NC(=O)Nc1ccc(CC#N)cc1. The van der Waals surface area contributed by atoms with E-state index in [4.69, 9.17) is 10.00 Å². The number of urea groups is 1. The molecule has 0 spiro atoms. The number of carbonyl (C=O) groups is 2. The zero-order chi connectivity index (χ0) is 24.7. The highest BCUT2D eigenvalue weighted by Crippen LogP contribution is 2.38. The molecule has 2 N–H and O–H groups in total. The second-order valence-corrected chi connectivity index (χ2v) is 9.65. The Kier molecular flexibility index (Phi) is 8.53. The van der Waals surface area contributed by atoms with Gasteiger partial charge in [-0.15, -0.1) is 0 Å². The summed E-state index contributed by atoms with van der Waals surface area (Å²) in [6, 6.07) is 14.3. The summed E-state index contributed by atoms with van der Waals surface area (Å²) in [5.74, 6) is 0.856. The first-order chi connectivity index (χ1) is 16.3. The van der Waals surface area contributed by atoms with Crippen molar-refractivity contribution < 1.29 is 14.3 Å². The Balaban J connectivity index is 1.88. The number of hydrogen-bond acceptors (Lipinski definition) is 5. The fourth-order valence-electron chi connectivity index (χ4n) is 3.73. The normalized spacial score (nSPS) is 12.9. The molecule has 1 aliphatic rings. The number of hydrogen-bond donors (Lipinski definition) is 2. The molecule has 3 rings (SSSR count). The first-order valence-electron chi connectivity index (χ1n) is 11.9. The number of rotatable bonds is 10. The van der Waals surface area contributed by atoms with E-state index in [0.717, 1.165) is 37.2 Å². The third kappa shape index (κ3) is 7.24. The van der Waals surface area contributed by atoms with Crippen molar-refractivity contribution in [1.29, 1.82) is 5.26 Å². The summed E-state index contributed by atoms with van der Waals surface area (Å²) in [5.41, 5.74) is 2.79. The maximum atomic E-state index is 13.0. The number of nitrogens with zero attached hydrogens (tertiary/aromatic N) is 2. The minimum atomic E-state index is -0.432. The highest BCUT2D eigenvalue weighted by molar-refractivity contribution is 6.03. The van der Waals surface area contributed by atoms with E-state index in [1.54, 1.807) is 18.2 Å². The molecular weight excluding hydrogens is 428 g/mol. The average Bonchev–Trinajstić information content (AvgIpc) is 3.61.